The van der Waals surface area contributed by atoms with Gasteiger partial charge in [-0.05, 0) is 22.9 Å². The number of aromatic hydroxyl groups is 1. The first-order valence-corrected chi connectivity index (χ1v) is 6.22. The lowest BCUT2D eigenvalue weighted by Crippen LogP contribution is -2.10. The average molecular weight is 262 g/mol. The molecule has 0 fully saturated rings. The second-order valence-corrected chi connectivity index (χ2v) is 4.12. The molecular weight excluding hydrogens is 244 g/mol. The fraction of sp³-hybridized carbons (Fsp3) is 0.333. The van der Waals surface area contributed by atoms with Gasteiger partial charge in [-0.2, -0.15) is 0 Å². The van der Waals surface area contributed by atoms with Crippen LogP contribution in [0.2, 0.25) is 0 Å². The average Bonchev–Trinajstić information content (AvgIpc) is 2.43. The van der Waals surface area contributed by atoms with E-state index < -0.39 is 0 Å². The first-order valence-electron chi connectivity index (χ1n) is 6.22. The summed E-state index contributed by atoms with van der Waals surface area (Å²) < 4.78 is 15.7. The summed E-state index contributed by atoms with van der Waals surface area (Å²) in [6.45, 7) is 1.98. The molecule has 0 aliphatic rings. The van der Waals surface area contributed by atoms with Crippen molar-refractivity contribution >= 4 is 10.8 Å². The second-order valence-electron chi connectivity index (χ2n) is 4.12. The summed E-state index contributed by atoms with van der Waals surface area (Å²) in [5.41, 5.74) is 0. The van der Waals surface area contributed by atoms with Crippen molar-refractivity contribution in [3.63, 3.8) is 0 Å². The van der Waals surface area contributed by atoms with Gasteiger partial charge in [0.1, 0.15) is 6.61 Å². The molecule has 4 nitrogen and oxygen atoms in total. The SMILES string of the molecule is COCCOCCOc1cc2ccccc2cc1O. The summed E-state index contributed by atoms with van der Waals surface area (Å²) >= 11 is 0. The number of hydrogen-bond donors (Lipinski definition) is 1. The van der Waals surface area contributed by atoms with E-state index in [1.165, 1.54) is 0 Å². The summed E-state index contributed by atoms with van der Waals surface area (Å²) in [5, 5.41) is 11.9. The predicted octanol–water partition coefficient (Wildman–Crippen LogP) is 2.59. The monoisotopic (exact) mass is 262 g/mol. The van der Waals surface area contributed by atoms with Crippen molar-refractivity contribution < 1.29 is 19.3 Å². The molecule has 0 heterocycles. The Labute approximate surface area is 112 Å². The van der Waals surface area contributed by atoms with Gasteiger partial charge in [-0.15, -0.1) is 0 Å². The molecule has 0 aromatic heterocycles. The zero-order chi connectivity index (χ0) is 13.5. The zero-order valence-corrected chi connectivity index (χ0v) is 11.0. The maximum absolute atomic E-state index is 9.86. The van der Waals surface area contributed by atoms with Crippen LogP contribution in [0.15, 0.2) is 36.4 Å². The van der Waals surface area contributed by atoms with E-state index in [4.69, 9.17) is 14.2 Å². The molecule has 0 radical (unpaired) electrons. The minimum Gasteiger partial charge on any atom is -0.504 e. The molecule has 0 bridgehead atoms. The molecule has 0 spiro atoms. The molecule has 0 atom stereocenters. The Morgan fingerprint density at radius 2 is 1.63 bits per heavy atom. The number of rotatable bonds is 7. The van der Waals surface area contributed by atoms with Gasteiger partial charge in [-0.1, -0.05) is 24.3 Å². The van der Waals surface area contributed by atoms with E-state index in [0.717, 1.165) is 10.8 Å². The first kappa shape index (κ1) is 13.6. The third-order valence-electron chi connectivity index (χ3n) is 2.74. The summed E-state index contributed by atoms with van der Waals surface area (Å²) in [6.07, 6.45) is 0. The van der Waals surface area contributed by atoms with Crippen LogP contribution in [0.5, 0.6) is 11.5 Å². The minimum absolute atomic E-state index is 0.149. The van der Waals surface area contributed by atoms with Crippen LogP contribution in [0.3, 0.4) is 0 Å². The first-order chi connectivity index (χ1) is 9.31. The Bertz CT molecular complexity index is 525. The van der Waals surface area contributed by atoms with E-state index in [-0.39, 0.29) is 5.75 Å². The molecule has 1 N–H and O–H groups in total. The Hall–Kier alpha value is -1.78. The number of fused-ring (bicyclic) bond motifs is 1. The summed E-state index contributed by atoms with van der Waals surface area (Å²) in [5.74, 6) is 0.629. The van der Waals surface area contributed by atoms with Crippen LogP contribution in [0.25, 0.3) is 10.8 Å². The van der Waals surface area contributed by atoms with Gasteiger partial charge < -0.3 is 19.3 Å². The quantitative estimate of drug-likeness (QED) is 0.779. The van der Waals surface area contributed by atoms with Crippen LogP contribution in [-0.4, -0.2) is 38.6 Å². The van der Waals surface area contributed by atoms with Crippen molar-refractivity contribution in [2.24, 2.45) is 0 Å². The minimum atomic E-state index is 0.149. The Morgan fingerprint density at radius 3 is 2.37 bits per heavy atom. The molecule has 2 aromatic rings. The fourth-order valence-electron chi connectivity index (χ4n) is 1.78. The van der Waals surface area contributed by atoms with Crippen molar-refractivity contribution in [3.05, 3.63) is 36.4 Å². The maximum atomic E-state index is 9.86. The Morgan fingerprint density at radius 1 is 0.947 bits per heavy atom. The van der Waals surface area contributed by atoms with Gasteiger partial charge in [-0.25, -0.2) is 0 Å². The normalized spacial score (nSPS) is 10.8. The highest BCUT2D eigenvalue weighted by molar-refractivity contribution is 5.85. The van der Waals surface area contributed by atoms with Gasteiger partial charge in [0.2, 0.25) is 0 Å². The van der Waals surface area contributed by atoms with Crippen LogP contribution < -0.4 is 4.74 Å². The number of methoxy groups -OCH3 is 1. The van der Waals surface area contributed by atoms with E-state index in [1.807, 2.05) is 30.3 Å². The standard InChI is InChI=1S/C15H18O4/c1-17-6-7-18-8-9-19-15-11-13-5-3-2-4-12(13)10-14(15)16/h2-5,10-11,16H,6-9H2,1H3. The molecule has 2 aromatic carbocycles. The molecule has 0 aliphatic heterocycles. The topological polar surface area (TPSA) is 47.9 Å². The van der Waals surface area contributed by atoms with E-state index in [2.05, 4.69) is 0 Å². The largest absolute Gasteiger partial charge is 0.504 e. The maximum Gasteiger partial charge on any atom is 0.161 e. The number of ether oxygens (including phenoxy) is 3. The number of hydrogen-bond acceptors (Lipinski definition) is 4. The lowest BCUT2D eigenvalue weighted by Gasteiger charge is -2.10. The number of phenols is 1. The van der Waals surface area contributed by atoms with Gasteiger partial charge in [-0.3, -0.25) is 0 Å². The highest BCUT2D eigenvalue weighted by atomic mass is 16.5. The van der Waals surface area contributed by atoms with Crippen LogP contribution >= 0.6 is 0 Å². The fourth-order valence-corrected chi connectivity index (χ4v) is 1.78. The molecule has 0 amide bonds. The van der Waals surface area contributed by atoms with E-state index in [1.54, 1.807) is 13.2 Å². The second kappa shape index (κ2) is 6.97. The van der Waals surface area contributed by atoms with Gasteiger partial charge in [0.25, 0.3) is 0 Å². The molecule has 0 aliphatic carbocycles. The smallest absolute Gasteiger partial charge is 0.161 e. The van der Waals surface area contributed by atoms with Gasteiger partial charge in [0.05, 0.1) is 19.8 Å². The van der Waals surface area contributed by atoms with Crippen LogP contribution in [0.1, 0.15) is 0 Å². The molecule has 19 heavy (non-hydrogen) atoms. The molecule has 0 saturated heterocycles. The third kappa shape index (κ3) is 3.84. The number of phenolic OH excluding ortho intramolecular Hbond substituents is 1. The van der Waals surface area contributed by atoms with Gasteiger partial charge >= 0.3 is 0 Å². The molecule has 102 valence electrons. The Balaban J connectivity index is 1.91. The van der Waals surface area contributed by atoms with Crippen molar-refractivity contribution in [2.75, 3.05) is 33.5 Å². The van der Waals surface area contributed by atoms with E-state index >= 15 is 0 Å². The van der Waals surface area contributed by atoms with Gasteiger partial charge in [0.15, 0.2) is 11.5 Å². The Kier molecular flexibility index (Phi) is 5.01. The van der Waals surface area contributed by atoms with Crippen molar-refractivity contribution in [1.29, 1.82) is 0 Å². The number of benzene rings is 2. The molecule has 4 heteroatoms. The predicted molar refractivity (Wildman–Crippen MR) is 73.8 cm³/mol. The van der Waals surface area contributed by atoms with E-state index in [9.17, 15) is 5.11 Å². The third-order valence-corrected chi connectivity index (χ3v) is 2.74. The van der Waals surface area contributed by atoms with Crippen molar-refractivity contribution in [2.45, 2.75) is 0 Å². The lowest BCUT2D eigenvalue weighted by molar-refractivity contribution is 0.0540. The molecule has 2 rings (SSSR count). The van der Waals surface area contributed by atoms with Crippen molar-refractivity contribution in [3.8, 4) is 11.5 Å². The molecule has 0 saturated carbocycles. The van der Waals surface area contributed by atoms with Crippen molar-refractivity contribution in [1.82, 2.24) is 0 Å². The van der Waals surface area contributed by atoms with Gasteiger partial charge in [0, 0.05) is 7.11 Å². The highest BCUT2D eigenvalue weighted by Gasteiger charge is 2.04. The van der Waals surface area contributed by atoms with E-state index in [0.29, 0.717) is 32.2 Å². The summed E-state index contributed by atoms with van der Waals surface area (Å²) in [6, 6.07) is 11.4. The lowest BCUT2D eigenvalue weighted by atomic mass is 10.1. The van der Waals surface area contributed by atoms with Crippen LogP contribution in [-0.2, 0) is 9.47 Å². The molecule has 0 unspecified atom stereocenters. The molecular formula is C15H18O4. The summed E-state index contributed by atoms with van der Waals surface area (Å²) in [7, 11) is 1.63. The van der Waals surface area contributed by atoms with Crippen LogP contribution in [0.4, 0.5) is 0 Å². The van der Waals surface area contributed by atoms with Crippen LogP contribution in [0, 0.1) is 0 Å². The summed E-state index contributed by atoms with van der Waals surface area (Å²) in [4.78, 5) is 0. The zero-order valence-electron chi connectivity index (χ0n) is 11.0. The highest BCUT2D eigenvalue weighted by Crippen LogP contribution is 2.31.